The molecule has 0 fully saturated rings. The third-order valence-corrected chi connectivity index (χ3v) is 6.32. The van der Waals surface area contributed by atoms with Crippen LogP contribution in [0.15, 0.2) is 72.0 Å². The lowest BCUT2D eigenvalue weighted by atomic mass is 9.99. The van der Waals surface area contributed by atoms with E-state index in [1.807, 2.05) is 44.4 Å². The number of anilines is 3. The van der Waals surface area contributed by atoms with Gasteiger partial charge in [0, 0.05) is 24.5 Å². The molecule has 0 spiro atoms. The summed E-state index contributed by atoms with van der Waals surface area (Å²) in [4.78, 5) is 22.8. The quantitative estimate of drug-likeness (QED) is 0.344. The Labute approximate surface area is 205 Å². The lowest BCUT2D eigenvalue weighted by molar-refractivity contribution is 0.625. The highest BCUT2D eigenvalue weighted by molar-refractivity contribution is 5.96. The molecule has 1 aliphatic heterocycles. The normalized spacial score (nSPS) is 13.2. The Kier molecular flexibility index (Phi) is 5.14. The van der Waals surface area contributed by atoms with E-state index in [9.17, 15) is 9.18 Å². The average Bonchev–Trinajstić information content (AvgIpc) is 3.53. The number of nitrogens with zero attached hydrogens (tertiary/aromatic N) is 5. The van der Waals surface area contributed by atoms with Gasteiger partial charge in [0.2, 0.25) is 0 Å². The van der Waals surface area contributed by atoms with Gasteiger partial charge in [-0.2, -0.15) is 5.10 Å². The van der Waals surface area contributed by atoms with Gasteiger partial charge in [0.05, 0.1) is 30.0 Å². The van der Waals surface area contributed by atoms with E-state index in [-0.39, 0.29) is 11.6 Å². The molecule has 36 heavy (non-hydrogen) atoms. The van der Waals surface area contributed by atoms with Gasteiger partial charge in [-0.1, -0.05) is 24.3 Å². The summed E-state index contributed by atoms with van der Waals surface area (Å²) < 4.78 is 17.6. The van der Waals surface area contributed by atoms with E-state index in [0.29, 0.717) is 35.1 Å². The van der Waals surface area contributed by atoms with Crippen LogP contribution in [0.5, 0.6) is 0 Å². The van der Waals surface area contributed by atoms with Gasteiger partial charge in [0.1, 0.15) is 17.8 Å². The molecule has 1 aliphatic rings. The number of benzene rings is 2. The van der Waals surface area contributed by atoms with E-state index in [2.05, 4.69) is 31.0 Å². The molecule has 0 aliphatic carbocycles. The minimum absolute atomic E-state index is 0.242. The zero-order valence-electron chi connectivity index (χ0n) is 19.7. The Morgan fingerprint density at radius 1 is 1.11 bits per heavy atom. The van der Waals surface area contributed by atoms with Crippen LogP contribution in [0.4, 0.5) is 21.7 Å². The summed E-state index contributed by atoms with van der Waals surface area (Å²) in [5, 5.41) is 15.4. The summed E-state index contributed by atoms with van der Waals surface area (Å²) in [5.41, 5.74) is 3.24. The highest BCUT2D eigenvalue weighted by Crippen LogP contribution is 2.34. The zero-order valence-corrected chi connectivity index (χ0v) is 19.7. The summed E-state index contributed by atoms with van der Waals surface area (Å²) in [6.45, 7) is 2.50. The summed E-state index contributed by atoms with van der Waals surface area (Å²) >= 11 is 0. The fraction of sp³-hybridized carbons (Fsp3) is 0.154. The van der Waals surface area contributed by atoms with Gasteiger partial charge in [-0.05, 0) is 42.1 Å². The molecule has 0 amide bonds. The molecule has 3 aromatic heterocycles. The second-order valence-electron chi connectivity index (χ2n) is 8.70. The first-order valence-electron chi connectivity index (χ1n) is 11.5. The molecule has 4 heterocycles. The van der Waals surface area contributed by atoms with Crippen molar-refractivity contribution in [1.82, 2.24) is 24.3 Å². The standard InChI is InChI=1S/C26H23FN8O/c1-15(33-25-23-24(29-13-28-23)30-14-31-25)21-9-16-5-3-8-20(17-11-32-34(2)12-17)22(16)26(36)35(21)19-7-4-6-18(27)10-19/h3-12,14-15,28H,13H2,1-2H3,(H2,29,30,31,33)/t15-/m0/s1. The molecule has 0 unspecified atom stereocenters. The second kappa shape index (κ2) is 8.49. The minimum Gasteiger partial charge on any atom is -0.362 e. The molecule has 6 rings (SSSR count). The number of hydrogen-bond donors (Lipinski definition) is 3. The number of halogens is 1. The first-order valence-corrected chi connectivity index (χ1v) is 11.5. The van der Waals surface area contributed by atoms with Gasteiger partial charge in [0.15, 0.2) is 11.6 Å². The monoisotopic (exact) mass is 482 g/mol. The topological polar surface area (TPSA) is 102 Å². The molecule has 0 bridgehead atoms. The molecule has 0 saturated heterocycles. The number of nitrogens with one attached hydrogen (secondary N) is 3. The van der Waals surface area contributed by atoms with Crippen LogP contribution < -0.4 is 21.5 Å². The van der Waals surface area contributed by atoms with Crippen LogP contribution in [-0.2, 0) is 7.05 Å². The van der Waals surface area contributed by atoms with Crippen LogP contribution in [0.1, 0.15) is 18.7 Å². The van der Waals surface area contributed by atoms with E-state index >= 15 is 0 Å². The molecule has 1 atom stereocenters. The number of aryl methyl sites for hydroxylation is 1. The van der Waals surface area contributed by atoms with Crippen LogP contribution in [0.3, 0.4) is 0 Å². The molecular formula is C26H23FN8O. The Hall–Kier alpha value is -4.73. The summed E-state index contributed by atoms with van der Waals surface area (Å²) in [6, 6.07) is 13.4. The van der Waals surface area contributed by atoms with Crippen LogP contribution >= 0.6 is 0 Å². The number of aromatic nitrogens is 5. The maximum Gasteiger partial charge on any atom is 0.263 e. The lowest BCUT2D eigenvalue weighted by Crippen LogP contribution is -2.26. The maximum absolute atomic E-state index is 14.3. The largest absolute Gasteiger partial charge is 0.362 e. The van der Waals surface area contributed by atoms with E-state index in [1.165, 1.54) is 18.5 Å². The van der Waals surface area contributed by atoms with Crippen molar-refractivity contribution in [1.29, 1.82) is 0 Å². The predicted octanol–water partition coefficient (Wildman–Crippen LogP) is 4.29. The van der Waals surface area contributed by atoms with Gasteiger partial charge in [0.25, 0.3) is 5.56 Å². The van der Waals surface area contributed by atoms with E-state index in [4.69, 9.17) is 0 Å². The molecule has 180 valence electrons. The van der Waals surface area contributed by atoms with Crippen LogP contribution in [0.25, 0.3) is 27.6 Å². The van der Waals surface area contributed by atoms with Crippen LogP contribution in [0.2, 0.25) is 0 Å². The molecule has 10 heteroatoms. The number of rotatable bonds is 5. The fourth-order valence-electron chi connectivity index (χ4n) is 4.67. The fourth-order valence-corrected chi connectivity index (χ4v) is 4.67. The molecule has 0 radical (unpaired) electrons. The second-order valence-corrected chi connectivity index (χ2v) is 8.70. The Morgan fingerprint density at radius 3 is 2.78 bits per heavy atom. The maximum atomic E-state index is 14.3. The molecular weight excluding hydrogens is 459 g/mol. The number of hydrogen-bond acceptors (Lipinski definition) is 7. The number of pyridine rings is 1. The summed E-state index contributed by atoms with van der Waals surface area (Å²) in [6.07, 6.45) is 5.08. The summed E-state index contributed by atoms with van der Waals surface area (Å²) in [5.74, 6) is 0.900. The zero-order chi connectivity index (χ0) is 24.8. The van der Waals surface area contributed by atoms with Gasteiger partial charge in [-0.15, -0.1) is 0 Å². The number of fused-ring (bicyclic) bond motifs is 2. The van der Waals surface area contributed by atoms with Crippen molar-refractivity contribution in [3.05, 3.63) is 89.1 Å². The first kappa shape index (κ1) is 21.8. The Bertz CT molecular complexity index is 1670. The van der Waals surface area contributed by atoms with Crippen LogP contribution in [-0.4, -0.2) is 31.0 Å². The smallest absolute Gasteiger partial charge is 0.263 e. The molecule has 5 aromatic rings. The first-order chi connectivity index (χ1) is 17.5. The van der Waals surface area contributed by atoms with Crippen LogP contribution in [0, 0.1) is 5.82 Å². The van der Waals surface area contributed by atoms with Crippen molar-refractivity contribution < 1.29 is 4.39 Å². The highest BCUT2D eigenvalue weighted by Gasteiger charge is 2.22. The Balaban J connectivity index is 1.57. The average molecular weight is 483 g/mol. The minimum atomic E-state index is -0.421. The van der Waals surface area contributed by atoms with Crippen molar-refractivity contribution in [2.24, 2.45) is 7.05 Å². The van der Waals surface area contributed by atoms with Crippen molar-refractivity contribution in [2.45, 2.75) is 13.0 Å². The van der Waals surface area contributed by atoms with Crippen molar-refractivity contribution in [3.63, 3.8) is 0 Å². The molecule has 3 N–H and O–H groups in total. The van der Waals surface area contributed by atoms with Gasteiger partial charge >= 0.3 is 0 Å². The SMILES string of the molecule is C[C@H](Nc1ncnc2c1NCN2)c1cc2cccc(-c3cnn(C)c3)c2c(=O)n1-c1cccc(F)c1. The van der Waals surface area contributed by atoms with Gasteiger partial charge in [-0.3, -0.25) is 14.0 Å². The third kappa shape index (κ3) is 3.63. The van der Waals surface area contributed by atoms with Gasteiger partial charge < -0.3 is 16.0 Å². The highest BCUT2D eigenvalue weighted by atomic mass is 19.1. The summed E-state index contributed by atoms with van der Waals surface area (Å²) in [7, 11) is 1.83. The Morgan fingerprint density at radius 2 is 1.97 bits per heavy atom. The third-order valence-electron chi connectivity index (χ3n) is 6.32. The van der Waals surface area contributed by atoms with Crippen molar-refractivity contribution >= 4 is 28.1 Å². The molecule has 0 saturated carbocycles. The van der Waals surface area contributed by atoms with Crippen molar-refractivity contribution in [3.8, 4) is 16.8 Å². The lowest BCUT2D eigenvalue weighted by Gasteiger charge is -2.22. The van der Waals surface area contributed by atoms with E-state index < -0.39 is 5.82 Å². The van der Waals surface area contributed by atoms with E-state index in [1.54, 1.807) is 27.6 Å². The van der Waals surface area contributed by atoms with Crippen molar-refractivity contribution in [2.75, 3.05) is 22.6 Å². The molecule has 9 nitrogen and oxygen atoms in total. The van der Waals surface area contributed by atoms with E-state index in [0.717, 1.165) is 22.2 Å². The predicted molar refractivity (Wildman–Crippen MR) is 138 cm³/mol. The molecule has 2 aromatic carbocycles. The van der Waals surface area contributed by atoms with Gasteiger partial charge in [-0.25, -0.2) is 14.4 Å².